The first kappa shape index (κ1) is 22.7. The molecule has 0 aliphatic carbocycles. The van der Waals surface area contributed by atoms with Gasteiger partial charge in [0.2, 0.25) is 11.7 Å². The van der Waals surface area contributed by atoms with Crippen LogP contribution in [0.5, 0.6) is 23.0 Å². The van der Waals surface area contributed by atoms with Crippen LogP contribution in [0.25, 0.3) is 0 Å². The summed E-state index contributed by atoms with van der Waals surface area (Å²) in [6.45, 7) is 0.495. The van der Waals surface area contributed by atoms with Crippen LogP contribution >= 0.6 is 0 Å². The molecule has 4 rings (SSSR count). The van der Waals surface area contributed by atoms with Gasteiger partial charge in [-0.25, -0.2) is 4.98 Å². The molecule has 8 nitrogen and oxygen atoms in total. The Balaban J connectivity index is 1.42. The van der Waals surface area contributed by atoms with Gasteiger partial charge < -0.3 is 29.6 Å². The van der Waals surface area contributed by atoms with Gasteiger partial charge in [-0.1, -0.05) is 30.3 Å². The van der Waals surface area contributed by atoms with E-state index < -0.39 is 0 Å². The maximum atomic E-state index is 5.79. The lowest BCUT2D eigenvalue weighted by atomic mass is 10.2. The van der Waals surface area contributed by atoms with E-state index >= 15 is 0 Å². The summed E-state index contributed by atoms with van der Waals surface area (Å²) in [5, 5.41) is 6.47. The van der Waals surface area contributed by atoms with Crippen LogP contribution in [0.3, 0.4) is 0 Å². The molecular formula is C26H26N4O4. The number of rotatable bonds is 10. The van der Waals surface area contributed by atoms with E-state index in [9.17, 15) is 0 Å². The number of aromatic nitrogens is 2. The summed E-state index contributed by atoms with van der Waals surface area (Å²) in [6, 6.07) is 23.1. The van der Waals surface area contributed by atoms with Crippen LogP contribution in [0.1, 0.15) is 5.56 Å². The summed E-state index contributed by atoms with van der Waals surface area (Å²) in [5.74, 6) is 3.54. The lowest BCUT2D eigenvalue weighted by Crippen LogP contribution is -2.02. The lowest BCUT2D eigenvalue weighted by Gasteiger charge is -2.15. The first-order chi connectivity index (χ1) is 16.7. The number of hydrogen-bond acceptors (Lipinski definition) is 8. The third-order valence-corrected chi connectivity index (χ3v) is 4.95. The maximum Gasteiger partial charge on any atom is 0.229 e. The average Bonchev–Trinajstić information content (AvgIpc) is 2.88. The molecule has 0 saturated heterocycles. The van der Waals surface area contributed by atoms with E-state index in [1.165, 1.54) is 0 Å². The molecule has 34 heavy (non-hydrogen) atoms. The fraction of sp³-hybridized carbons (Fsp3) is 0.154. The van der Waals surface area contributed by atoms with E-state index in [0.717, 1.165) is 22.7 Å². The van der Waals surface area contributed by atoms with Crippen molar-refractivity contribution in [3.63, 3.8) is 0 Å². The van der Waals surface area contributed by atoms with Crippen LogP contribution in [0.15, 0.2) is 79.0 Å². The molecule has 0 unspecified atom stereocenters. The molecule has 2 N–H and O–H groups in total. The van der Waals surface area contributed by atoms with Crippen LogP contribution < -0.4 is 29.6 Å². The van der Waals surface area contributed by atoms with Crippen LogP contribution in [0.2, 0.25) is 0 Å². The molecule has 0 aliphatic heterocycles. The quantitative estimate of drug-likeness (QED) is 0.319. The standard InChI is InChI=1S/C26H26N4O4/c1-31-22-15-20(16-23(32-2)25(22)33-3)28-24-13-14-27-26(30-24)29-19-11-9-18(10-12-19)17-34-21-7-5-4-6-8-21/h4-16H,17H2,1-3H3,(H2,27,28,29,30). The highest BCUT2D eigenvalue weighted by atomic mass is 16.5. The first-order valence-corrected chi connectivity index (χ1v) is 10.6. The Labute approximate surface area is 198 Å². The average molecular weight is 459 g/mol. The van der Waals surface area contributed by atoms with Crippen LogP contribution in [-0.2, 0) is 6.61 Å². The Morgan fingerprint density at radius 2 is 1.44 bits per heavy atom. The van der Waals surface area contributed by atoms with Gasteiger partial charge in [0.25, 0.3) is 0 Å². The van der Waals surface area contributed by atoms with Crippen LogP contribution in [-0.4, -0.2) is 31.3 Å². The Morgan fingerprint density at radius 1 is 0.735 bits per heavy atom. The molecule has 0 spiro atoms. The minimum absolute atomic E-state index is 0.464. The van der Waals surface area contributed by atoms with Gasteiger partial charge in [0.05, 0.1) is 21.3 Å². The zero-order valence-electron chi connectivity index (χ0n) is 19.2. The smallest absolute Gasteiger partial charge is 0.229 e. The zero-order valence-corrected chi connectivity index (χ0v) is 19.2. The van der Waals surface area contributed by atoms with Gasteiger partial charge in [0.15, 0.2) is 11.5 Å². The molecule has 0 amide bonds. The molecule has 4 aromatic rings. The predicted molar refractivity (Wildman–Crippen MR) is 132 cm³/mol. The third-order valence-electron chi connectivity index (χ3n) is 4.95. The van der Waals surface area contributed by atoms with Crippen molar-refractivity contribution >= 4 is 23.1 Å². The molecule has 174 valence electrons. The second-order valence-corrected chi connectivity index (χ2v) is 7.23. The molecule has 0 aliphatic rings. The molecule has 1 aromatic heterocycles. The second kappa shape index (κ2) is 10.9. The summed E-state index contributed by atoms with van der Waals surface area (Å²) >= 11 is 0. The summed E-state index contributed by atoms with van der Waals surface area (Å²) in [5.41, 5.74) is 2.67. The fourth-order valence-corrected chi connectivity index (χ4v) is 3.29. The summed E-state index contributed by atoms with van der Waals surface area (Å²) in [4.78, 5) is 8.86. The number of para-hydroxylation sites is 1. The van der Waals surface area contributed by atoms with Crippen molar-refractivity contribution in [3.8, 4) is 23.0 Å². The van der Waals surface area contributed by atoms with Gasteiger partial charge in [-0.05, 0) is 35.9 Å². The number of ether oxygens (including phenoxy) is 4. The minimum atomic E-state index is 0.464. The summed E-state index contributed by atoms with van der Waals surface area (Å²) in [7, 11) is 4.72. The molecule has 0 bridgehead atoms. The minimum Gasteiger partial charge on any atom is -0.493 e. The van der Waals surface area contributed by atoms with Crippen LogP contribution in [0.4, 0.5) is 23.1 Å². The number of benzene rings is 3. The number of nitrogens with one attached hydrogen (secondary N) is 2. The topological polar surface area (TPSA) is 86.8 Å². The third kappa shape index (κ3) is 5.66. The van der Waals surface area contributed by atoms with Crippen molar-refractivity contribution in [2.75, 3.05) is 32.0 Å². The highest BCUT2D eigenvalue weighted by Gasteiger charge is 2.13. The van der Waals surface area contributed by atoms with Crippen molar-refractivity contribution in [2.24, 2.45) is 0 Å². The van der Waals surface area contributed by atoms with E-state index in [1.807, 2.05) is 66.7 Å². The summed E-state index contributed by atoms with van der Waals surface area (Å²) in [6.07, 6.45) is 1.68. The number of anilines is 4. The van der Waals surface area contributed by atoms with Crippen molar-refractivity contribution in [3.05, 3.63) is 84.6 Å². The fourth-order valence-electron chi connectivity index (χ4n) is 3.29. The Morgan fingerprint density at radius 3 is 2.09 bits per heavy atom. The van der Waals surface area contributed by atoms with Gasteiger partial charge in [0, 0.05) is 29.7 Å². The normalized spacial score (nSPS) is 10.3. The van der Waals surface area contributed by atoms with Crippen molar-refractivity contribution in [1.29, 1.82) is 0 Å². The van der Waals surface area contributed by atoms with Gasteiger partial charge in [-0.3, -0.25) is 0 Å². The van der Waals surface area contributed by atoms with Crippen molar-refractivity contribution in [1.82, 2.24) is 9.97 Å². The van der Waals surface area contributed by atoms with E-state index in [0.29, 0.717) is 35.6 Å². The number of nitrogens with zero attached hydrogens (tertiary/aromatic N) is 2. The molecule has 0 saturated carbocycles. The molecule has 3 aromatic carbocycles. The molecule has 0 fully saturated rings. The van der Waals surface area contributed by atoms with Gasteiger partial charge in [-0.15, -0.1) is 0 Å². The van der Waals surface area contributed by atoms with Crippen LogP contribution in [0, 0.1) is 0 Å². The van der Waals surface area contributed by atoms with E-state index in [4.69, 9.17) is 18.9 Å². The molecule has 0 radical (unpaired) electrons. The first-order valence-electron chi connectivity index (χ1n) is 10.6. The highest BCUT2D eigenvalue weighted by Crippen LogP contribution is 2.40. The van der Waals surface area contributed by atoms with Crippen molar-refractivity contribution in [2.45, 2.75) is 6.61 Å². The van der Waals surface area contributed by atoms with Gasteiger partial charge in [0.1, 0.15) is 18.2 Å². The second-order valence-electron chi connectivity index (χ2n) is 7.23. The van der Waals surface area contributed by atoms with E-state index in [1.54, 1.807) is 33.6 Å². The SMILES string of the molecule is COc1cc(Nc2ccnc(Nc3ccc(COc4ccccc4)cc3)n2)cc(OC)c1OC. The van der Waals surface area contributed by atoms with Gasteiger partial charge in [-0.2, -0.15) is 4.98 Å². The molecule has 8 heteroatoms. The monoisotopic (exact) mass is 458 g/mol. The van der Waals surface area contributed by atoms with Gasteiger partial charge >= 0.3 is 0 Å². The molecule has 1 heterocycles. The van der Waals surface area contributed by atoms with E-state index in [2.05, 4.69) is 20.6 Å². The maximum absolute atomic E-state index is 5.79. The number of methoxy groups -OCH3 is 3. The summed E-state index contributed by atoms with van der Waals surface area (Å²) < 4.78 is 22.0. The molecule has 0 atom stereocenters. The largest absolute Gasteiger partial charge is 0.493 e. The Kier molecular flexibility index (Phi) is 7.29. The zero-order chi connectivity index (χ0) is 23.8. The van der Waals surface area contributed by atoms with Crippen molar-refractivity contribution < 1.29 is 18.9 Å². The number of hydrogen-bond donors (Lipinski definition) is 2. The Hall–Kier alpha value is -4.46. The molecular weight excluding hydrogens is 432 g/mol. The Bertz CT molecular complexity index is 1190. The highest BCUT2D eigenvalue weighted by molar-refractivity contribution is 5.67. The predicted octanol–water partition coefficient (Wildman–Crippen LogP) is 5.57. The van der Waals surface area contributed by atoms with E-state index in [-0.39, 0.29) is 0 Å². The lowest BCUT2D eigenvalue weighted by molar-refractivity contribution is 0.306.